The van der Waals surface area contributed by atoms with Gasteiger partial charge in [0.25, 0.3) is 0 Å². The summed E-state index contributed by atoms with van der Waals surface area (Å²) in [6.07, 6.45) is 7.84. The highest BCUT2D eigenvalue weighted by Gasteiger charge is 2.10. The van der Waals surface area contributed by atoms with Gasteiger partial charge in [0.2, 0.25) is 0 Å². The predicted octanol–water partition coefficient (Wildman–Crippen LogP) is 4.39. The van der Waals surface area contributed by atoms with Crippen LogP contribution in [-0.4, -0.2) is 17.6 Å². The second-order valence-electron chi connectivity index (χ2n) is 5.65. The maximum atomic E-state index is 4.55. The fraction of sp³-hybridized carbons (Fsp3) is 0.500. The first-order chi connectivity index (χ1) is 10.3. The minimum Gasteiger partial charge on any atom is -0.314 e. The molecular weight excluding hydrogens is 276 g/mol. The van der Waals surface area contributed by atoms with Crippen LogP contribution in [-0.2, 0) is 12.8 Å². The summed E-state index contributed by atoms with van der Waals surface area (Å²) < 4.78 is 0. The van der Waals surface area contributed by atoms with E-state index in [-0.39, 0.29) is 0 Å². The summed E-state index contributed by atoms with van der Waals surface area (Å²) >= 11 is 1.87. The molecule has 0 spiro atoms. The Labute approximate surface area is 132 Å². The summed E-state index contributed by atoms with van der Waals surface area (Å²) in [6.45, 7) is 5.40. The Morgan fingerprint density at radius 2 is 2.19 bits per heavy atom. The van der Waals surface area contributed by atoms with Crippen molar-refractivity contribution in [2.75, 3.05) is 6.54 Å². The van der Waals surface area contributed by atoms with Gasteiger partial charge in [-0.2, -0.15) is 0 Å². The molecule has 21 heavy (non-hydrogen) atoms. The molecule has 0 saturated heterocycles. The largest absolute Gasteiger partial charge is 0.314 e. The van der Waals surface area contributed by atoms with E-state index in [0.29, 0.717) is 6.04 Å². The van der Waals surface area contributed by atoms with Gasteiger partial charge in [0.05, 0.1) is 0 Å². The molecule has 0 radical (unpaired) electrons. The number of thiophene rings is 1. The third-order valence-corrected chi connectivity index (χ3v) is 4.60. The topological polar surface area (TPSA) is 24.9 Å². The van der Waals surface area contributed by atoms with Gasteiger partial charge >= 0.3 is 0 Å². The SMILES string of the molecule is CCCNC(CCCc1cccs1)Cc1ccc(C)cn1. The molecule has 2 aromatic heterocycles. The quantitative estimate of drug-likeness (QED) is 0.743. The summed E-state index contributed by atoms with van der Waals surface area (Å²) in [5, 5.41) is 5.84. The Balaban J connectivity index is 1.83. The van der Waals surface area contributed by atoms with Crippen molar-refractivity contribution in [3.8, 4) is 0 Å². The Hall–Kier alpha value is -1.19. The first kappa shape index (κ1) is 16.2. The van der Waals surface area contributed by atoms with E-state index in [4.69, 9.17) is 0 Å². The summed E-state index contributed by atoms with van der Waals surface area (Å²) in [5.41, 5.74) is 2.43. The number of aromatic nitrogens is 1. The highest BCUT2D eigenvalue weighted by Crippen LogP contribution is 2.14. The summed E-state index contributed by atoms with van der Waals surface area (Å²) in [4.78, 5) is 6.04. The van der Waals surface area contributed by atoms with Crippen LogP contribution in [0.5, 0.6) is 0 Å². The minimum atomic E-state index is 0.542. The van der Waals surface area contributed by atoms with Gasteiger partial charge in [-0.15, -0.1) is 11.3 Å². The molecule has 2 aromatic rings. The standard InChI is InChI=1S/C18H26N2S/c1-3-11-19-16(6-4-7-18-8-5-12-21-18)13-17-10-9-15(2)14-20-17/h5,8-10,12,14,16,19H,3-4,6-7,11,13H2,1-2H3. The van der Waals surface area contributed by atoms with E-state index in [1.807, 2.05) is 17.5 Å². The van der Waals surface area contributed by atoms with E-state index in [0.717, 1.165) is 13.0 Å². The normalized spacial score (nSPS) is 12.5. The second-order valence-corrected chi connectivity index (χ2v) is 6.69. The van der Waals surface area contributed by atoms with E-state index >= 15 is 0 Å². The average Bonchev–Trinajstić information content (AvgIpc) is 3.00. The van der Waals surface area contributed by atoms with Crippen LogP contribution in [0.3, 0.4) is 0 Å². The first-order valence-electron chi connectivity index (χ1n) is 7.95. The van der Waals surface area contributed by atoms with Crippen molar-refractivity contribution < 1.29 is 0 Å². The fourth-order valence-electron chi connectivity index (χ4n) is 2.47. The lowest BCUT2D eigenvalue weighted by Crippen LogP contribution is -2.32. The van der Waals surface area contributed by atoms with Gasteiger partial charge in [-0.25, -0.2) is 0 Å². The zero-order valence-corrected chi connectivity index (χ0v) is 14.0. The Morgan fingerprint density at radius 1 is 1.29 bits per heavy atom. The van der Waals surface area contributed by atoms with E-state index in [1.165, 1.54) is 41.8 Å². The number of hydrogen-bond donors (Lipinski definition) is 1. The van der Waals surface area contributed by atoms with Gasteiger partial charge < -0.3 is 5.32 Å². The number of nitrogens with zero attached hydrogens (tertiary/aromatic N) is 1. The third-order valence-electron chi connectivity index (χ3n) is 3.67. The summed E-state index contributed by atoms with van der Waals surface area (Å²) in [7, 11) is 0. The highest BCUT2D eigenvalue weighted by molar-refractivity contribution is 7.09. The van der Waals surface area contributed by atoms with Crippen LogP contribution in [0, 0.1) is 6.92 Å². The van der Waals surface area contributed by atoms with E-state index in [9.17, 15) is 0 Å². The maximum absolute atomic E-state index is 4.55. The zero-order chi connectivity index (χ0) is 14.9. The molecule has 0 aliphatic carbocycles. The molecule has 0 aliphatic heterocycles. The Bertz CT molecular complexity index is 490. The Kier molecular flexibility index (Phi) is 6.90. The smallest absolute Gasteiger partial charge is 0.0419 e. The molecule has 2 rings (SSSR count). The molecule has 0 bridgehead atoms. The van der Waals surface area contributed by atoms with Crippen molar-refractivity contribution in [3.63, 3.8) is 0 Å². The van der Waals surface area contributed by atoms with E-state index in [1.54, 1.807) is 0 Å². The van der Waals surface area contributed by atoms with Crippen molar-refractivity contribution >= 4 is 11.3 Å². The minimum absolute atomic E-state index is 0.542. The van der Waals surface area contributed by atoms with Crippen molar-refractivity contribution in [1.29, 1.82) is 0 Å². The lowest BCUT2D eigenvalue weighted by Gasteiger charge is -2.18. The maximum Gasteiger partial charge on any atom is 0.0419 e. The third kappa shape index (κ3) is 5.98. The van der Waals surface area contributed by atoms with Gasteiger partial charge in [-0.3, -0.25) is 4.98 Å². The Morgan fingerprint density at radius 3 is 2.86 bits per heavy atom. The molecule has 0 amide bonds. The molecule has 1 atom stereocenters. The van der Waals surface area contributed by atoms with Crippen molar-refractivity contribution in [2.45, 2.75) is 52.0 Å². The molecule has 0 aromatic carbocycles. The number of nitrogens with one attached hydrogen (secondary N) is 1. The van der Waals surface area contributed by atoms with E-state index in [2.05, 4.69) is 53.8 Å². The summed E-state index contributed by atoms with van der Waals surface area (Å²) in [6, 6.07) is 9.24. The van der Waals surface area contributed by atoms with Crippen LogP contribution in [0.15, 0.2) is 35.8 Å². The molecule has 1 unspecified atom stereocenters. The van der Waals surface area contributed by atoms with Crippen molar-refractivity contribution in [1.82, 2.24) is 10.3 Å². The molecule has 0 fully saturated rings. The number of hydrogen-bond acceptors (Lipinski definition) is 3. The van der Waals surface area contributed by atoms with Crippen molar-refractivity contribution in [2.24, 2.45) is 0 Å². The van der Waals surface area contributed by atoms with Gasteiger partial charge in [-0.05, 0) is 62.2 Å². The fourth-order valence-corrected chi connectivity index (χ4v) is 3.23. The lowest BCUT2D eigenvalue weighted by molar-refractivity contribution is 0.461. The van der Waals surface area contributed by atoms with Gasteiger partial charge in [0.15, 0.2) is 0 Å². The van der Waals surface area contributed by atoms with Gasteiger partial charge in [0, 0.05) is 29.2 Å². The molecule has 0 saturated carbocycles. The van der Waals surface area contributed by atoms with Crippen LogP contribution in [0.25, 0.3) is 0 Å². The lowest BCUT2D eigenvalue weighted by atomic mass is 10.0. The van der Waals surface area contributed by atoms with Crippen LogP contribution >= 0.6 is 11.3 Å². The molecule has 114 valence electrons. The van der Waals surface area contributed by atoms with Crippen molar-refractivity contribution in [3.05, 3.63) is 52.0 Å². The predicted molar refractivity (Wildman–Crippen MR) is 92.0 cm³/mol. The molecule has 3 heteroatoms. The van der Waals surface area contributed by atoms with Gasteiger partial charge in [-0.1, -0.05) is 19.1 Å². The molecule has 0 aliphatic rings. The van der Waals surface area contributed by atoms with Crippen LogP contribution in [0.1, 0.15) is 42.3 Å². The zero-order valence-electron chi connectivity index (χ0n) is 13.1. The monoisotopic (exact) mass is 302 g/mol. The summed E-state index contributed by atoms with van der Waals surface area (Å²) in [5.74, 6) is 0. The van der Waals surface area contributed by atoms with Gasteiger partial charge in [0.1, 0.15) is 0 Å². The molecule has 2 heterocycles. The second kappa shape index (κ2) is 8.96. The van der Waals surface area contributed by atoms with Crippen LogP contribution < -0.4 is 5.32 Å². The number of aryl methyl sites for hydroxylation is 2. The first-order valence-corrected chi connectivity index (χ1v) is 8.83. The van der Waals surface area contributed by atoms with Crippen LogP contribution in [0.4, 0.5) is 0 Å². The molecular formula is C18H26N2S. The molecule has 2 nitrogen and oxygen atoms in total. The number of rotatable bonds is 9. The van der Waals surface area contributed by atoms with E-state index < -0.39 is 0 Å². The highest BCUT2D eigenvalue weighted by atomic mass is 32.1. The molecule has 1 N–H and O–H groups in total. The number of pyridine rings is 1. The average molecular weight is 302 g/mol. The van der Waals surface area contributed by atoms with Crippen LogP contribution in [0.2, 0.25) is 0 Å².